The van der Waals surface area contributed by atoms with Gasteiger partial charge in [-0.05, 0) is 18.4 Å². The third-order valence-corrected chi connectivity index (χ3v) is 5.14. The number of carboxylic acid groups (broad SMARTS) is 1. The molecule has 1 heterocycles. The lowest BCUT2D eigenvalue weighted by Crippen LogP contribution is -2.41. The Morgan fingerprint density at radius 3 is 2.08 bits per heavy atom. The average molecular weight is 345 g/mol. The number of hydrogen-bond donors (Lipinski definition) is 1. The largest absolute Gasteiger partial charge is 0.481 e. The number of Topliss-reactive ketones (excluding diaryl/α,β-unsaturated/α-hetero) is 1. The second kappa shape index (κ2) is 11.0. The highest BCUT2D eigenvalue weighted by molar-refractivity contribution is 5.79. The van der Waals surface area contributed by atoms with Crippen LogP contribution in [0.5, 0.6) is 0 Å². The van der Waals surface area contributed by atoms with E-state index in [4.69, 9.17) is 5.11 Å². The van der Waals surface area contributed by atoms with Gasteiger partial charge in [-0.25, -0.2) is 0 Å². The molecule has 0 bridgehead atoms. The van der Waals surface area contributed by atoms with Crippen molar-refractivity contribution >= 4 is 11.8 Å². The van der Waals surface area contributed by atoms with Crippen LogP contribution in [0.15, 0.2) is 30.3 Å². The molecule has 2 fully saturated rings. The van der Waals surface area contributed by atoms with Gasteiger partial charge in [0.2, 0.25) is 0 Å². The fourth-order valence-electron chi connectivity index (χ4n) is 3.71. The van der Waals surface area contributed by atoms with Gasteiger partial charge in [-0.15, -0.1) is 0 Å². The van der Waals surface area contributed by atoms with E-state index >= 15 is 0 Å². The maximum absolute atomic E-state index is 11.2. The lowest BCUT2D eigenvalue weighted by molar-refractivity contribution is -0.136. The van der Waals surface area contributed by atoms with Crippen LogP contribution in [0.2, 0.25) is 0 Å². The molecule has 1 aliphatic carbocycles. The van der Waals surface area contributed by atoms with Crippen LogP contribution in [0, 0.1) is 0 Å². The Morgan fingerprint density at radius 1 is 0.960 bits per heavy atom. The van der Waals surface area contributed by atoms with Crippen molar-refractivity contribution in [2.75, 3.05) is 13.1 Å². The van der Waals surface area contributed by atoms with Crippen LogP contribution in [0.3, 0.4) is 0 Å². The summed E-state index contributed by atoms with van der Waals surface area (Å²) >= 11 is 0. The van der Waals surface area contributed by atoms with Gasteiger partial charge in [0.15, 0.2) is 0 Å². The standard InChI is InChI=1S/C13H23NO.C8H8O2/c15-13-8-10-14(11-9-13)12-6-4-2-1-3-5-7-12;9-8(10)6-7-4-2-1-3-5-7/h12H,1-11H2;1-5H,6H2,(H,9,10). The zero-order chi connectivity index (χ0) is 17.9. The van der Waals surface area contributed by atoms with Gasteiger partial charge in [0, 0.05) is 32.0 Å². The third-order valence-electron chi connectivity index (χ3n) is 5.14. The first-order chi connectivity index (χ1) is 12.1. The number of nitrogens with zero attached hydrogens (tertiary/aromatic N) is 1. The summed E-state index contributed by atoms with van der Waals surface area (Å²) in [5, 5.41) is 8.37. The number of hydrogen-bond acceptors (Lipinski definition) is 3. The minimum absolute atomic E-state index is 0.112. The summed E-state index contributed by atoms with van der Waals surface area (Å²) in [5.41, 5.74) is 0.843. The molecule has 1 aliphatic heterocycles. The summed E-state index contributed by atoms with van der Waals surface area (Å²) in [5.74, 6) is -0.316. The number of benzene rings is 1. The zero-order valence-corrected chi connectivity index (χ0v) is 15.2. The predicted molar refractivity (Wildman–Crippen MR) is 99.7 cm³/mol. The Kier molecular flexibility index (Phi) is 8.67. The van der Waals surface area contributed by atoms with Crippen LogP contribution in [0.1, 0.15) is 63.4 Å². The van der Waals surface area contributed by atoms with E-state index in [1.54, 1.807) is 12.1 Å². The normalized spacial score (nSPS) is 20.1. The molecule has 138 valence electrons. The van der Waals surface area contributed by atoms with Crippen LogP contribution in [0.25, 0.3) is 0 Å². The lowest BCUT2D eigenvalue weighted by Gasteiger charge is -2.35. The van der Waals surface area contributed by atoms with Crippen LogP contribution in [-0.4, -0.2) is 40.9 Å². The molecule has 25 heavy (non-hydrogen) atoms. The van der Waals surface area contributed by atoms with E-state index in [1.807, 2.05) is 18.2 Å². The van der Waals surface area contributed by atoms with Crippen LogP contribution in [0.4, 0.5) is 0 Å². The molecule has 0 aromatic heterocycles. The molecule has 0 amide bonds. The highest BCUT2D eigenvalue weighted by atomic mass is 16.4. The van der Waals surface area contributed by atoms with Gasteiger partial charge in [-0.3, -0.25) is 14.5 Å². The number of rotatable bonds is 3. The summed E-state index contributed by atoms with van der Waals surface area (Å²) in [6.07, 6.45) is 11.5. The Morgan fingerprint density at radius 2 is 1.52 bits per heavy atom. The topological polar surface area (TPSA) is 57.6 Å². The fourth-order valence-corrected chi connectivity index (χ4v) is 3.71. The number of aliphatic carboxylic acids is 1. The van der Waals surface area contributed by atoms with Crippen molar-refractivity contribution < 1.29 is 14.7 Å². The highest BCUT2D eigenvalue weighted by Gasteiger charge is 2.23. The van der Waals surface area contributed by atoms with Crippen LogP contribution < -0.4 is 0 Å². The van der Waals surface area contributed by atoms with E-state index in [1.165, 1.54) is 44.9 Å². The van der Waals surface area contributed by atoms with Gasteiger partial charge >= 0.3 is 5.97 Å². The second-order valence-electron chi connectivity index (χ2n) is 7.13. The van der Waals surface area contributed by atoms with Gasteiger partial charge in [0.25, 0.3) is 0 Å². The minimum atomic E-state index is -0.786. The monoisotopic (exact) mass is 345 g/mol. The van der Waals surface area contributed by atoms with E-state index in [9.17, 15) is 9.59 Å². The number of ketones is 1. The van der Waals surface area contributed by atoms with Crippen molar-refractivity contribution in [2.24, 2.45) is 0 Å². The number of likely N-dealkylation sites (tertiary alicyclic amines) is 1. The smallest absolute Gasteiger partial charge is 0.307 e. The first-order valence-corrected chi connectivity index (χ1v) is 9.66. The van der Waals surface area contributed by atoms with E-state index in [0.29, 0.717) is 5.78 Å². The molecular formula is C21H31NO3. The molecule has 2 aliphatic rings. The maximum Gasteiger partial charge on any atom is 0.307 e. The molecule has 0 atom stereocenters. The molecular weight excluding hydrogens is 314 g/mol. The number of carbonyl (C=O) groups excluding carboxylic acids is 1. The SMILES string of the molecule is O=C(O)Cc1ccccc1.O=C1CCN(C2CCCCCCC2)CC1. The zero-order valence-electron chi connectivity index (χ0n) is 15.2. The van der Waals surface area contributed by atoms with E-state index in [0.717, 1.165) is 37.5 Å². The first kappa shape index (κ1) is 19.6. The van der Waals surface area contributed by atoms with Crippen molar-refractivity contribution in [3.8, 4) is 0 Å². The van der Waals surface area contributed by atoms with E-state index in [2.05, 4.69) is 4.90 Å². The van der Waals surface area contributed by atoms with Gasteiger partial charge in [0.1, 0.15) is 5.78 Å². The number of carbonyl (C=O) groups is 2. The summed E-state index contributed by atoms with van der Waals surface area (Å²) in [4.78, 5) is 23.9. The minimum Gasteiger partial charge on any atom is -0.481 e. The van der Waals surface area contributed by atoms with Gasteiger partial charge in [-0.2, -0.15) is 0 Å². The maximum atomic E-state index is 11.2. The van der Waals surface area contributed by atoms with Crippen LogP contribution >= 0.6 is 0 Å². The second-order valence-corrected chi connectivity index (χ2v) is 7.13. The van der Waals surface area contributed by atoms with E-state index < -0.39 is 5.97 Å². The molecule has 0 spiro atoms. The highest BCUT2D eigenvalue weighted by Crippen LogP contribution is 2.23. The molecule has 0 unspecified atom stereocenters. The molecule has 1 N–H and O–H groups in total. The molecule has 4 nitrogen and oxygen atoms in total. The van der Waals surface area contributed by atoms with Crippen molar-refractivity contribution in [2.45, 2.75) is 70.3 Å². The first-order valence-electron chi connectivity index (χ1n) is 9.66. The Labute approximate surface area is 151 Å². The molecule has 1 aromatic rings. The Bertz CT molecular complexity index is 511. The third kappa shape index (κ3) is 7.82. The molecule has 4 heteroatoms. The Balaban J connectivity index is 0.000000196. The van der Waals surface area contributed by atoms with Crippen molar-refractivity contribution in [3.63, 3.8) is 0 Å². The molecule has 0 radical (unpaired) electrons. The van der Waals surface area contributed by atoms with Gasteiger partial charge < -0.3 is 5.11 Å². The van der Waals surface area contributed by atoms with Gasteiger partial charge in [0.05, 0.1) is 6.42 Å². The quantitative estimate of drug-likeness (QED) is 0.897. The summed E-state index contributed by atoms with van der Waals surface area (Å²) in [6, 6.07) is 9.92. The Hall–Kier alpha value is -1.68. The molecule has 1 aromatic carbocycles. The lowest BCUT2D eigenvalue weighted by atomic mass is 9.94. The van der Waals surface area contributed by atoms with Gasteiger partial charge in [-0.1, -0.05) is 62.4 Å². The van der Waals surface area contributed by atoms with Crippen LogP contribution in [-0.2, 0) is 16.0 Å². The predicted octanol–water partition coefficient (Wildman–Crippen LogP) is 4.08. The number of piperidine rings is 1. The number of carboxylic acids is 1. The summed E-state index contributed by atoms with van der Waals surface area (Å²) < 4.78 is 0. The summed E-state index contributed by atoms with van der Waals surface area (Å²) in [7, 11) is 0. The average Bonchev–Trinajstić information content (AvgIpc) is 2.57. The molecule has 3 rings (SSSR count). The van der Waals surface area contributed by atoms with Crippen molar-refractivity contribution in [1.82, 2.24) is 4.90 Å². The van der Waals surface area contributed by atoms with E-state index in [-0.39, 0.29) is 6.42 Å². The molecule has 1 saturated heterocycles. The fraction of sp³-hybridized carbons (Fsp3) is 0.619. The molecule has 1 saturated carbocycles. The summed E-state index contributed by atoms with van der Waals surface area (Å²) in [6.45, 7) is 2.06. The van der Waals surface area contributed by atoms with Crippen molar-refractivity contribution in [3.05, 3.63) is 35.9 Å². The van der Waals surface area contributed by atoms with Crippen molar-refractivity contribution in [1.29, 1.82) is 0 Å².